The van der Waals surface area contributed by atoms with Crippen LogP contribution in [0.1, 0.15) is 34.1 Å². The topological polar surface area (TPSA) is 75.7 Å². The molecule has 6 nitrogen and oxygen atoms in total. The average Bonchev–Trinajstić information content (AvgIpc) is 2.38. The van der Waals surface area contributed by atoms with Gasteiger partial charge in [0.2, 0.25) is 15.9 Å². The zero-order valence-corrected chi connectivity index (χ0v) is 15.2. The van der Waals surface area contributed by atoms with Crippen LogP contribution in [0.5, 0.6) is 5.75 Å². The number of ether oxygens (including phenoxy) is 1. The summed E-state index contributed by atoms with van der Waals surface area (Å²) >= 11 is 0. The maximum atomic E-state index is 12.0. The molecule has 1 aromatic rings. The van der Waals surface area contributed by atoms with E-state index in [4.69, 9.17) is 4.74 Å². The van der Waals surface area contributed by atoms with Crippen LogP contribution in [-0.2, 0) is 14.8 Å². The summed E-state index contributed by atoms with van der Waals surface area (Å²) in [6, 6.07) is 6.91. The van der Waals surface area contributed by atoms with Crippen LogP contribution in [-0.4, -0.2) is 43.6 Å². The number of hydrogen-bond donors (Lipinski definition) is 1. The Morgan fingerprint density at radius 2 is 1.74 bits per heavy atom. The van der Waals surface area contributed by atoms with Crippen LogP contribution >= 0.6 is 0 Å². The lowest BCUT2D eigenvalue weighted by molar-refractivity contribution is -0.116. The third-order valence-electron chi connectivity index (χ3n) is 3.07. The Hall–Kier alpha value is -1.60. The van der Waals surface area contributed by atoms with Crippen LogP contribution in [0, 0.1) is 0 Å². The lowest BCUT2D eigenvalue weighted by Crippen LogP contribution is -2.38. The minimum absolute atomic E-state index is 0.0912. The minimum atomic E-state index is -3.31. The molecule has 0 saturated heterocycles. The molecule has 0 unspecified atom stereocenters. The van der Waals surface area contributed by atoms with Gasteiger partial charge in [-0.05, 0) is 52.0 Å². The molecule has 0 bridgehead atoms. The molecule has 0 aliphatic heterocycles. The molecule has 1 N–H and O–H groups in total. The standard InChI is InChI=1S/C16H26N2O4S/c1-12(2)18(23(5,20)21)11-10-16(19)17-14-6-8-15(9-7-14)22-13(3)4/h6-9,12-13H,10-11H2,1-5H3,(H,17,19). The van der Waals surface area contributed by atoms with E-state index >= 15 is 0 Å². The summed E-state index contributed by atoms with van der Waals surface area (Å²) in [4.78, 5) is 12.0. The van der Waals surface area contributed by atoms with E-state index in [2.05, 4.69) is 5.32 Å². The first-order valence-electron chi connectivity index (χ1n) is 7.63. The van der Waals surface area contributed by atoms with Crippen LogP contribution < -0.4 is 10.1 Å². The van der Waals surface area contributed by atoms with Crippen molar-refractivity contribution in [2.75, 3.05) is 18.1 Å². The second kappa shape index (κ2) is 8.31. The Labute approximate surface area is 138 Å². The summed E-state index contributed by atoms with van der Waals surface area (Å²) in [5.41, 5.74) is 0.654. The monoisotopic (exact) mass is 342 g/mol. The van der Waals surface area contributed by atoms with E-state index in [0.29, 0.717) is 5.69 Å². The van der Waals surface area contributed by atoms with Gasteiger partial charge in [-0.25, -0.2) is 8.42 Å². The van der Waals surface area contributed by atoms with Gasteiger partial charge in [0.05, 0.1) is 12.4 Å². The first-order valence-corrected chi connectivity index (χ1v) is 9.48. The van der Waals surface area contributed by atoms with Crippen molar-refractivity contribution in [1.82, 2.24) is 4.31 Å². The predicted molar refractivity (Wildman–Crippen MR) is 92.1 cm³/mol. The van der Waals surface area contributed by atoms with Crippen molar-refractivity contribution >= 4 is 21.6 Å². The number of rotatable bonds is 8. The molecule has 7 heteroatoms. The molecule has 0 saturated carbocycles. The molecule has 0 aliphatic rings. The van der Waals surface area contributed by atoms with Crippen molar-refractivity contribution in [3.05, 3.63) is 24.3 Å². The molecule has 0 aromatic heterocycles. The maximum Gasteiger partial charge on any atom is 0.225 e. The highest BCUT2D eigenvalue weighted by Crippen LogP contribution is 2.17. The summed E-state index contributed by atoms with van der Waals surface area (Å²) < 4.78 is 30.1. The number of amides is 1. The van der Waals surface area contributed by atoms with Gasteiger partial charge >= 0.3 is 0 Å². The second-order valence-electron chi connectivity index (χ2n) is 5.96. The summed E-state index contributed by atoms with van der Waals surface area (Å²) in [5, 5.41) is 2.75. The summed E-state index contributed by atoms with van der Waals surface area (Å²) in [7, 11) is -3.31. The van der Waals surface area contributed by atoms with E-state index < -0.39 is 10.0 Å². The summed E-state index contributed by atoms with van der Waals surface area (Å²) in [5.74, 6) is 0.512. The molecule has 1 aromatic carbocycles. The van der Waals surface area contributed by atoms with Crippen molar-refractivity contribution in [3.8, 4) is 5.75 Å². The average molecular weight is 342 g/mol. The zero-order chi connectivity index (χ0) is 17.6. The van der Waals surface area contributed by atoms with Crippen LogP contribution in [0.3, 0.4) is 0 Å². The molecular formula is C16H26N2O4S. The highest BCUT2D eigenvalue weighted by atomic mass is 32.2. The molecule has 0 fully saturated rings. The molecule has 0 atom stereocenters. The molecule has 130 valence electrons. The Balaban J connectivity index is 2.56. The Kier molecular flexibility index (Phi) is 7.02. The quantitative estimate of drug-likeness (QED) is 0.787. The van der Waals surface area contributed by atoms with E-state index in [1.165, 1.54) is 4.31 Å². The lowest BCUT2D eigenvalue weighted by atomic mass is 10.2. The Bertz CT molecular complexity index is 609. The summed E-state index contributed by atoms with van der Waals surface area (Å²) in [6.45, 7) is 7.62. The third kappa shape index (κ3) is 7.00. The fourth-order valence-corrected chi connectivity index (χ4v) is 3.32. The van der Waals surface area contributed by atoms with Crippen LogP contribution in [0.2, 0.25) is 0 Å². The second-order valence-corrected chi connectivity index (χ2v) is 7.89. The first kappa shape index (κ1) is 19.4. The summed E-state index contributed by atoms with van der Waals surface area (Å²) in [6.07, 6.45) is 1.35. The molecule has 1 amide bonds. The fourth-order valence-electron chi connectivity index (χ4n) is 2.13. The van der Waals surface area contributed by atoms with Gasteiger partial charge in [-0.15, -0.1) is 0 Å². The van der Waals surface area contributed by atoms with E-state index in [-0.39, 0.29) is 31.0 Å². The van der Waals surface area contributed by atoms with Crippen molar-refractivity contribution in [3.63, 3.8) is 0 Å². The lowest BCUT2D eigenvalue weighted by Gasteiger charge is -2.23. The zero-order valence-electron chi connectivity index (χ0n) is 14.4. The molecule has 1 rings (SSSR count). The normalized spacial score (nSPS) is 12.0. The minimum Gasteiger partial charge on any atom is -0.491 e. The number of carbonyl (C=O) groups excluding carboxylic acids is 1. The number of benzene rings is 1. The van der Waals surface area contributed by atoms with Crippen molar-refractivity contribution in [2.45, 2.75) is 46.3 Å². The van der Waals surface area contributed by atoms with Crippen molar-refractivity contribution in [2.24, 2.45) is 0 Å². The van der Waals surface area contributed by atoms with E-state index in [1.807, 2.05) is 13.8 Å². The third-order valence-corrected chi connectivity index (χ3v) is 4.53. The smallest absolute Gasteiger partial charge is 0.225 e. The van der Waals surface area contributed by atoms with Crippen molar-refractivity contribution < 1.29 is 17.9 Å². The van der Waals surface area contributed by atoms with E-state index in [1.54, 1.807) is 38.1 Å². The molecule has 0 aliphatic carbocycles. The highest BCUT2D eigenvalue weighted by molar-refractivity contribution is 7.88. The molecule has 23 heavy (non-hydrogen) atoms. The van der Waals surface area contributed by atoms with E-state index in [0.717, 1.165) is 12.0 Å². The van der Waals surface area contributed by atoms with E-state index in [9.17, 15) is 13.2 Å². The molecule has 0 radical (unpaired) electrons. The van der Waals surface area contributed by atoms with Crippen LogP contribution in [0.25, 0.3) is 0 Å². The predicted octanol–water partition coefficient (Wildman–Crippen LogP) is 2.47. The van der Waals surface area contributed by atoms with Gasteiger partial charge in [-0.2, -0.15) is 4.31 Å². The highest BCUT2D eigenvalue weighted by Gasteiger charge is 2.20. The van der Waals surface area contributed by atoms with Gasteiger partial charge in [0.15, 0.2) is 0 Å². The SMILES string of the molecule is CC(C)Oc1ccc(NC(=O)CCN(C(C)C)S(C)(=O)=O)cc1. The number of carbonyl (C=O) groups is 1. The van der Waals surface area contributed by atoms with Gasteiger partial charge < -0.3 is 10.1 Å². The fraction of sp³-hybridized carbons (Fsp3) is 0.562. The van der Waals surface area contributed by atoms with Crippen molar-refractivity contribution in [1.29, 1.82) is 0 Å². The van der Waals surface area contributed by atoms with Gasteiger partial charge in [0.25, 0.3) is 0 Å². The van der Waals surface area contributed by atoms with Gasteiger partial charge in [0.1, 0.15) is 5.75 Å². The van der Waals surface area contributed by atoms with Crippen LogP contribution in [0.15, 0.2) is 24.3 Å². The maximum absolute atomic E-state index is 12.0. The number of nitrogens with one attached hydrogen (secondary N) is 1. The molecule has 0 heterocycles. The number of hydrogen-bond acceptors (Lipinski definition) is 4. The Morgan fingerprint density at radius 1 is 1.17 bits per heavy atom. The van der Waals surface area contributed by atoms with Gasteiger partial charge in [0, 0.05) is 24.7 Å². The number of sulfonamides is 1. The van der Waals surface area contributed by atoms with Gasteiger partial charge in [-0.1, -0.05) is 0 Å². The number of nitrogens with zero attached hydrogens (tertiary/aromatic N) is 1. The molecular weight excluding hydrogens is 316 g/mol. The first-order chi connectivity index (χ1) is 10.6. The largest absolute Gasteiger partial charge is 0.491 e. The van der Waals surface area contributed by atoms with Gasteiger partial charge in [-0.3, -0.25) is 4.79 Å². The Morgan fingerprint density at radius 3 is 2.17 bits per heavy atom. The van der Waals surface area contributed by atoms with Crippen LogP contribution in [0.4, 0.5) is 5.69 Å². The number of anilines is 1. The molecule has 0 spiro atoms.